The molecule has 4 aromatic rings. The largest absolute Gasteiger partial charge is 0.486 e. The van der Waals surface area contributed by atoms with Gasteiger partial charge in [-0.2, -0.15) is 0 Å². The van der Waals surface area contributed by atoms with Gasteiger partial charge in [-0.1, -0.05) is 42.0 Å². The lowest BCUT2D eigenvalue weighted by molar-refractivity contribution is 0.297. The van der Waals surface area contributed by atoms with Crippen LogP contribution < -0.4 is 9.88 Å². The Balaban J connectivity index is 1.63. The normalized spacial score (nSPS) is 11.6. The maximum atomic E-state index is 11.9. The Hall–Kier alpha value is -3.16. The lowest BCUT2D eigenvalue weighted by atomic mass is 10.1. The summed E-state index contributed by atoms with van der Waals surface area (Å²) < 4.78 is 29.5. The predicted octanol–water partition coefficient (Wildman–Crippen LogP) is 3.76. The molecule has 0 aliphatic heterocycles. The Morgan fingerprint density at radius 3 is 2.54 bits per heavy atom. The van der Waals surface area contributed by atoms with Crippen LogP contribution in [0.1, 0.15) is 11.4 Å². The average molecular weight is 393 g/mol. The van der Waals surface area contributed by atoms with E-state index in [0.29, 0.717) is 18.0 Å². The number of hydrogen-bond donors (Lipinski definition) is 2. The monoisotopic (exact) mass is 393 g/mol. The Kier molecular flexibility index (Phi) is 4.62. The van der Waals surface area contributed by atoms with E-state index in [1.807, 2.05) is 49.4 Å². The third kappa shape index (κ3) is 3.76. The van der Waals surface area contributed by atoms with Gasteiger partial charge in [-0.25, -0.2) is 18.5 Å². The molecule has 142 valence electrons. The van der Waals surface area contributed by atoms with Crippen LogP contribution in [0.25, 0.3) is 22.2 Å². The summed E-state index contributed by atoms with van der Waals surface area (Å²) in [6.07, 6.45) is 0. The molecule has 28 heavy (non-hydrogen) atoms. The minimum absolute atomic E-state index is 0.0906. The number of nitrogens with one attached hydrogen (secondary N) is 1. The van der Waals surface area contributed by atoms with Gasteiger partial charge in [0.15, 0.2) is 0 Å². The van der Waals surface area contributed by atoms with E-state index in [2.05, 4.69) is 9.97 Å². The molecule has 0 radical (unpaired) electrons. The first-order valence-corrected chi connectivity index (χ1v) is 10.2. The Morgan fingerprint density at radius 2 is 1.79 bits per heavy atom. The number of hydrogen-bond acceptors (Lipinski definition) is 4. The molecule has 0 saturated heterocycles. The zero-order valence-corrected chi connectivity index (χ0v) is 16.0. The van der Waals surface area contributed by atoms with E-state index in [1.54, 1.807) is 18.2 Å². The maximum absolute atomic E-state index is 11.9. The summed E-state index contributed by atoms with van der Waals surface area (Å²) in [6.45, 7) is 2.33. The minimum Gasteiger partial charge on any atom is -0.486 e. The number of H-pyrrole nitrogens is 1. The molecular formula is C21H19N3O3S. The first kappa shape index (κ1) is 18.2. The quantitative estimate of drug-likeness (QED) is 0.539. The van der Waals surface area contributed by atoms with E-state index >= 15 is 0 Å². The molecule has 0 atom stereocenters. The van der Waals surface area contributed by atoms with Gasteiger partial charge in [0.1, 0.15) is 18.2 Å². The van der Waals surface area contributed by atoms with Crippen molar-refractivity contribution in [2.75, 3.05) is 0 Å². The number of aromatic amines is 1. The average Bonchev–Trinajstić information content (AvgIpc) is 3.09. The van der Waals surface area contributed by atoms with E-state index < -0.39 is 10.0 Å². The molecule has 0 aliphatic rings. The highest BCUT2D eigenvalue weighted by atomic mass is 32.2. The van der Waals surface area contributed by atoms with Crippen LogP contribution in [0.2, 0.25) is 0 Å². The van der Waals surface area contributed by atoms with E-state index in [4.69, 9.17) is 9.88 Å². The lowest BCUT2D eigenvalue weighted by Gasteiger charge is -2.07. The lowest BCUT2D eigenvalue weighted by Crippen LogP contribution is -2.13. The SMILES string of the molecule is Cc1ccc(OCc2nc3cc(-c4ccccc4S(N)(=O)=O)ccc3[nH]2)cc1. The molecule has 3 aromatic carbocycles. The molecule has 0 unspecified atom stereocenters. The number of fused-ring (bicyclic) bond motifs is 1. The molecule has 0 saturated carbocycles. The molecule has 1 heterocycles. The Morgan fingerprint density at radius 1 is 1.04 bits per heavy atom. The zero-order valence-electron chi connectivity index (χ0n) is 15.2. The van der Waals surface area contributed by atoms with Crippen LogP contribution >= 0.6 is 0 Å². The summed E-state index contributed by atoms with van der Waals surface area (Å²) >= 11 is 0. The number of nitrogens with zero attached hydrogens (tertiary/aromatic N) is 1. The summed E-state index contributed by atoms with van der Waals surface area (Å²) in [4.78, 5) is 7.87. The second kappa shape index (κ2) is 7.10. The smallest absolute Gasteiger partial charge is 0.238 e. The third-order valence-corrected chi connectivity index (χ3v) is 5.40. The number of ether oxygens (including phenoxy) is 1. The minimum atomic E-state index is -3.82. The van der Waals surface area contributed by atoms with Gasteiger partial charge < -0.3 is 9.72 Å². The first-order chi connectivity index (χ1) is 13.4. The highest BCUT2D eigenvalue weighted by molar-refractivity contribution is 7.89. The molecule has 0 bridgehead atoms. The molecule has 1 aromatic heterocycles. The van der Waals surface area contributed by atoms with E-state index in [-0.39, 0.29) is 4.90 Å². The molecule has 0 spiro atoms. The van der Waals surface area contributed by atoms with Crippen LogP contribution in [0.5, 0.6) is 5.75 Å². The number of nitrogens with two attached hydrogens (primary N) is 1. The molecular weight excluding hydrogens is 374 g/mol. The van der Waals surface area contributed by atoms with Crippen molar-refractivity contribution in [1.82, 2.24) is 9.97 Å². The summed E-state index contributed by atoms with van der Waals surface area (Å²) in [5, 5.41) is 5.35. The third-order valence-electron chi connectivity index (χ3n) is 4.43. The molecule has 0 amide bonds. The van der Waals surface area contributed by atoms with Crippen LogP contribution in [0.15, 0.2) is 71.6 Å². The van der Waals surface area contributed by atoms with Crippen LogP contribution in [-0.4, -0.2) is 18.4 Å². The fourth-order valence-electron chi connectivity index (χ4n) is 3.03. The van der Waals surface area contributed by atoms with Crippen molar-refractivity contribution >= 4 is 21.1 Å². The standard InChI is InChI=1S/C21H19N3O3S/c1-14-6-9-16(10-7-14)27-13-21-23-18-11-8-15(12-19(18)24-21)17-4-2-3-5-20(17)28(22,25)26/h2-12H,13H2,1H3,(H,23,24)(H2,22,25,26). The van der Waals surface area contributed by atoms with Gasteiger partial charge in [-0.05, 0) is 42.8 Å². The van der Waals surface area contributed by atoms with E-state index in [9.17, 15) is 8.42 Å². The highest BCUT2D eigenvalue weighted by Crippen LogP contribution is 2.28. The van der Waals surface area contributed by atoms with Crippen LogP contribution in [-0.2, 0) is 16.6 Å². The van der Waals surface area contributed by atoms with Crippen molar-refractivity contribution < 1.29 is 13.2 Å². The topological polar surface area (TPSA) is 98.1 Å². The van der Waals surface area contributed by atoms with Crippen LogP contribution in [0, 0.1) is 6.92 Å². The van der Waals surface area contributed by atoms with Gasteiger partial charge in [-0.3, -0.25) is 0 Å². The maximum Gasteiger partial charge on any atom is 0.238 e. The fraction of sp³-hybridized carbons (Fsp3) is 0.0952. The summed E-state index contributed by atoms with van der Waals surface area (Å²) in [5.74, 6) is 1.46. The van der Waals surface area contributed by atoms with Crippen LogP contribution in [0.3, 0.4) is 0 Å². The van der Waals surface area contributed by atoms with Crippen molar-refractivity contribution in [2.45, 2.75) is 18.4 Å². The first-order valence-electron chi connectivity index (χ1n) is 8.70. The molecule has 0 aliphatic carbocycles. The number of benzene rings is 3. The summed E-state index contributed by atoms with van der Waals surface area (Å²) in [6, 6.07) is 20.0. The Labute approximate surface area is 163 Å². The fourth-order valence-corrected chi connectivity index (χ4v) is 3.79. The number of aryl methyl sites for hydroxylation is 1. The number of imidazole rings is 1. The van der Waals surface area contributed by atoms with E-state index in [0.717, 1.165) is 22.3 Å². The van der Waals surface area contributed by atoms with Crippen molar-refractivity contribution in [3.8, 4) is 16.9 Å². The van der Waals surface area contributed by atoms with Crippen molar-refractivity contribution in [3.05, 3.63) is 78.1 Å². The van der Waals surface area contributed by atoms with Gasteiger partial charge >= 0.3 is 0 Å². The van der Waals surface area contributed by atoms with E-state index in [1.165, 1.54) is 11.6 Å². The number of primary sulfonamides is 1. The number of aromatic nitrogens is 2. The zero-order chi connectivity index (χ0) is 19.7. The molecule has 3 N–H and O–H groups in total. The van der Waals surface area contributed by atoms with Crippen molar-refractivity contribution in [2.24, 2.45) is 5.14 Å². The Bertz CT molecular complexity index is 1250. The van der Waals surface area contributed by atoms with Gasteiger partial charge in [0.2, 0.25) is 10.0 Å². The second-order valence-electron chi connectivity index (χ2n) is 6.56. The molecule has 4 rings (SSSR count). The van der Waals surface area contributed by atoms with Crippen molar-refractivity contribution in [3.63, 3.8) is 0 Å². The molecule has 0 fully saturated rings. The molecule has 6 nitrogen and oxygen atoms in total. The molecule has 7 heteroatoms. The summed E-state index contributed by atoms with van der Waals surface area (Å²) in [5.41, 5.74) is 4.02. The predicted molar refractivity (Wildman–Crippen MR) is 108 cm³/mol. The number of rotatable bonds is 5. The van der Waals surface area contributed by atoms with Gasteiger partial charge in [0.05, 0.1) is 15.9 Å². The summed E-state index contributed by atoms with van der Waals surface area (Å²) in [7, 11) is -3.82. The highest BCUT2D eigenvalue weighted by Gasteiger charge is 2.15. The van der Waals surface area contributed by atoms with Crippen molar-refractivity contribution in [1.29, 1.82) is 0 Å². The van der Waals surface area contributed by atoms with Gasteiger partial charge in [0.25, 0.3) is 0 Å². The second-order valence-corrected chi connectivity index (χ2v) is 8.09. The van der Waals surface area contributed by atoms with Gasteiger partial charge in [0, 0.05) is 5.56 Å². The van der Waals surface area contributed by atoms with Crippen LogP contribution in [0.4, 0.5) is 0 Å². The number of sulfonamides is 1. The van der Waals surface area contributed by atoms with Gasteiger partial charge in [-0.15, -0.1) is 0 Å².